The first kappa shape index (κ1) is 23.7. The lowest BCUT2D eigenvalue weighted by Gasteiger charge is -2.34. The highest BCUT2D eigenvalue weighted by Gasteiger charge is 2.40. The maximum atomic E-state index is 12.6. The van der Waals surface area contributed by atoms with Crippen molar-refractivity contribution >= 4 is 34.4 Å². The predicted molar refractivity (Wildman–Crippen MR) is 115 cm³/mol. The first-order valence-electron chi connectivity index (χ1n) is 9.30. The molecule has 0 saturated heterocycles. The fourth-order valence-corrected chi connectivity index (χ4v) is 3.81. The van der Waals surface area contributed by atoms with Gasteiger partial charge in [-0.05, 0) is 18.9 Å². The second-order valence-electron chi connectivity index (χ2n) is 6.64. The number of hydrogen-bond donors (Lipinski definition) is 4. The second-order valence-corrected chi connectivity index (χ2v) is 7.75. The van der Waals surface area contributed by atoms with E-state index >= 15 is 0 Å². The van der Waals surface area contributed by atoms with Crippen LogP contribution in [0.3, 0.4) is 0 Å². The van der Waals surface area contributed by atoms with Crippen molar-refractivity contribution in [3.8, 4) is 0 Å². The smallest absolute Gasteiger partial charge is 0.232 e. The molecule has 1 rings (SSSR count). The Morgan fingerprint density at radius 3 is 2.37 bits per heavy atom. The summed E-state index contributed by atoms with van der Waals surface area (Å²) in [4.78, 5) is 12.9. The second kappa shape index (κ2) is 12.2. The molecule has 1 aromatic rings. The first-order valence-corrected chi connectivity index (χ1v) is 10.8. The van der Waals surface area contributed by atoms with E-state index in [9.17, 15) is 13.6 Å². The molecule has 152 valence electrons. The molecule has 0 aliphatic heterocycles. The number of thiocarbonyl (C=S) groups is 1. The lowest BCUT2D eigenvalue weighted by atomic mass is 9.86. The van der Waals surface area contributed by atoms with Crippen LogP contribution in [0.1, 0.15) is 56.6 Å². The number of aryl methyl sites for hydroxylation is 1. The first-order chi connectivity index (χ1) is 12.9. The zero-order chi connectivity index (χ0) is 20.3. The minimum absolute atomic E-state index is 0.0724. The van der Waals surface area contributed by atoms with Gasteiger partial charge >= 0.3 is 0 Å². The topological polar surface area (TPSA) is 90.5 Å². The van der Waals surface area contributed by atoms with Crippen molar-refractivity contribution in [3.63, 3.8) is 0 Å². The number of carbonyl (C=O) groups is 1. The Hall–Kier alpha value is -1.35. The quantitative estimate of drug-likeness (QED) is 0.240. The van der Waals surface area contributed by atoms with Gasteiger partial charge in [-0.2, -0.15) is 4.72 Å². The van der Waals surface area contributed by atoms with E-state index in [4.69, 9.17) is 12.2 Å². The monoisotopic (exact) mass is 413 g/mol. The number of nitrogens with one attached hydrogen (secondary N) is 3. The molecule has 0 fully saturated rings. The van der Waals surface area contributed by atoms with Crippen LogP contribution in [0.4, 0.5) is 0 Å². The molecule has 4 N–H and O–H groups in total. The molecule has 0 heterocycles. The molecule has 0 aliphatic carbocycles. The summed E-state index contributed by atoms with van der Waals surface area (Å²) in [5.41, 5.74) is 0.446. The van der Waals surface area contributed by atoms with Crippen LogP contribution in [0.2, 0.25) is 0 Å². The van der Waals surface area contributed by atoms with Crippen LogP contribution in [0.5, 0.6) is 0 Å². The summed E-state index contributed by atoms with van der Waals surface area (Å²) in [6.07, 6.45) is 5.46. The van der Waals surface area contributed by atoms with E-state index in [0.717, 1.165) is 24.8 Å². The number of carbonyl (C=O) groups excluding carboxylic acids is 1. The van der Waals surface area contributed by atoms with Crippen LogP contribution in [0.25, 0.3) is 0 Å². The molecule has 27 heavy (non-hydrogen) atoms. The third-order valence-electron chi connectivity index (χ3n) is 4.45. The predicted octanol–water partition coefficient (Wildman–Crippen LogP) is 2.94. The van der Waals surface area contributed by atoms with Gasteiger partial charge < -0.3 is 10.6 Å². The average molecular weight is 414 g/mol. The molecular formula is C19H31N3O3S2. The van der Waals surface area contributed by atoms with Crippen LogP contribution in [0, 0.1) is 6.92 Å². The lowest BCUT2D eigenvalue weighted by Crippen LogP contribution is -2.55. The SMILES string of the molecule is CCCCCCCNC(=O)CC(NS(=O)O)(C(=S)NC)c1ccc(C)cc1. The maximum absolute atomic E-state index is 12.6. The van der Waals surface area contributed by atoms with Crippen LogP contribution in [0.15, 0.2) is 24.3 Å². The largest absolute Gasteiger partial charge is 0.381 e. The van der Waals surface area contributed by atoms with Gasteiger partial charge in [0.2, 0.25) is 17.2 Å². The van der Waals surface area contributed by atoms with Crippen molar-refractivity contribution in [1.29, 1.82) is 0 Å². The summed E-state index contributed by atoms with van der Waals surface area (Å²) in [6.45, 7) is 4.70. The van der Waals surface area contributed by atoms with Crippen molar-refractivity contribution in [1.82, 2.24) is 15.4 Å². The van der Waals surface area contributed by atoms with Gasteiger partial charge in [0.15, 0.2) is 0 Å². The highest BCUT2D eigenvalue weighted by atomic mass is 32.2. The van der Waals surface area contributed by atoms with E-state index in [-0.39, 0.29) is 17.3 Å². The molecule has 0 aliphatic rings. The molecule has 1 amide bonds. The van der Waals surface area contributed by atoms with Gasteiger partial charge in [0, 0.05) is 13.6 Å². The molecule has 0 spiro atoms. The number of amides is 1. The zero-order valence-corrected chi connectivity index (χ0v) is 18.0. The van der Waals surface area contributed by atoms with Crippen molar-refractivity contribution in [2.24, 2.45) is 0 Å². The minimum Gasteiger partial charge on any atom is -0.381 e. The molecular weight excluding hydrogens is 382 g/mol. The minimum atomic E-state index is -2.35. The summed E-state index contributed by atoms with van der Waals surface area (Å²) in [6, 6.07) is 7.40. The van der Waals surface area contributed by atoms with Crippen molar-refractivity contribution in [2.75, 3.05) is 13.6 Å². The highest BCUT2D eigenvalue weighted by Crippen LogP contribution is 2.28. The van der Waals surface area contributed by atoms with Gasteiger partial charge in [-0.3, -0.25) is 9.35 Å². The summed E-state index contributed by atoms with van der Waals surface area (Å²) in [7, 11) is 1.64. The summed E-state index contributed by atoms with van der Waals surface area (Å²) >= 11 is 3.08. The lowest BCUT2D eigenvalue weighted by molar-refractivity contribution is -0.121. The summed E-state index contributed by atoms with van der Waals surface area (Å²) in [5, 5.41) is 5.76. The van der Waals surface area contributed by atoms with E-state index in [1.54, 1.807) is 7.05 Å². The van der Waals surface area contributed by atoms with E-state index in [1.165, 1.54) is 12.8 Å². The molecule has 6 nitrogen and oxygen atoms in total. The van der Waals surface area contributed by atoms with Gasteiger partial charge in [0.1, 0.15) is 10.5 Å². The fourth-order valence-electron chi connectivity index (χ4n) is 2.92. The molecule has 0 bridgehead atoms. The Bertz CT molecular complexity index is 638. The van der Waals surface area contributed by atoms with Gasteiger partial charge in [-0.1, -0.05) is 74.7 Å². The van der Waals surface area contributed by atoms with Crippen LogP contribution < -0.4 is 15.4 Å². The normalized spacial score (nSPS) is 14.2. The molecule has 2 atom stereocenters. The molecule has 0 saturated carbocycles. The van der Waals surface area contributed by atoms with Gasteiger partial charge in [0.25, 0.3) is 0 Å². The van der Waals surface area contributed by atoms with Crippen LogP contribution >= 0.6 is 12.2 Å². The van der Waals surface area contributed by atoms with Gasteiger partial charge in [-0.15, -0.1) is 0 Å². The summed E-state index contributed by atoms with van der Waals surface area (Å²) < 4.78 is 23.7. The van der Waals surface area contributed by atoms with Gasteiger partial charge in [-0.25, -0.2) is 4.21 Å². The Morgan fingerprint density at radius 1 is 1.19 bits per heavy atom. The van der Waals surface area contributed by atoms with Crippen molar-refractivity contribution < 1.29 is 13.6 Å². The highest BCUT2D eigenvalue weighted by molar-refractivity contribution is 7.80. The summed E-state index contributed by atoms with van der Waals surface area (Å²) in [5.74, 6) is -0.221. The number of likely N-dealkylation sites (N-methyl/N-ethyl adjacent to an activating group) is 1. The van der Waals surface area contributed by atoms with Crippen LogP contribution in [-0.2, 0) is 21.6 Å². The van der Waals surface area contributed by atoms with Gasteiger partial charge in [0.05, 0.1) is 6.42 Å². The third kappa shape index (κ3) is 7.65. The Labute approximate surface area is 170 Å². The number of rotatable bonds is 12. The van der Waals surface area contributed by atoms with E-state index in [1.807, 2.05) is 31.2 Å². The molecule has 2 unspecified atom stereocenters. The van der Waals surface area contributed by atoms with E-state index in [2.05, 4.69) is 22.3 Å². The standard InChI is InChI=1S/C19H31N3O3S2/c1-4-5-6-7-8-13-21-17(23)14-19(18(26)20-3,22-27(24)25)16-11-9-15(2)10-12-16/h9-12,22H,4-8,13-14H2,1-3H3,(H,20,26)(H,21,23)(H,24,25). The average Bonchev–Trinajstić information content (AvgIpc) is 2.63. The number of hydrogen-bond acceptors (Lipinski definition) is 3. The molecule has 0 radical (unpaired) electrons. The Balaban J connectivity index is 2.93. The van der Waals surface area contributed by atoms with Crippen molar-refractivity contribution in [3.05, 3.63) is 35.4 Å². The molecule has 1 aromatic carbocycles. The third-order valence-corrected chi connectivity index (χ3v) is 5.52. The molecule has 8 heteroatoms. The van der Waals surface area contributed by atoms with E-state index < -0.39 is 16.8 Å². The maximum Gasteiger partial charge on any atom is 0.232 e. The molecule has 0 aromatic heterocycles. The number of unbranched alkanes of at least 4 members (excludes halogenated alkanes) is 4. The number of benzene rings is 1. The Kier molecular flexibility index (Phi) is 10.7. The fraction of sp³-hybridized carbons (Fsp3) is 0.579. The zero-order valence-electron chi connectivity index (χ0n) is 16.3. The van der Waals surface area contributed by atoms with Crippen molar-refractivity contribution in [2.45, 2.75) is 57.9 Å². The van der Waals surface area contributed by atoms with Crippen LogP contribution in [-0.4, -0.2) is 33.2 Å². The van der Waals surface area contributed by atoms with E-state index in [0.29, 0.717) is 12.1 Å². The Morgan fingerprint density at radius 2 is 1.81 bits per heavy atom.